The first-order valence-electron chi connectivity index (χ1n) is 4.54. The SMILES string of the molecule is CC[C@@H](N)c1nnc(C(C)(C)C)o1. The van der Waals surface area contributed by atoms with Gasteiger partial charge in [0.1, 0.15) is 0 Å². The van der Waals surface area contributed by atoms with Crippen molar-refractivity contribution in [2.75, 3.05) is 0 Å². The van der Waals surface area contributed by atoms with Crippen LogP contribution in [-0.4, -0.2) is 10.2 Å². The fraction of sp³-hybridized carbons (Fsp3) is 0.778. The van der Waals surface area contributed by atoms with Crippen LogP contribution < -0.4 is 5.73 Å². The molecule has 0 radical (unpaired) electrons. The monoisotopic (exact) mass is 183 g/mol. The van der Waals surface area contributed by atoms with E-state index in [1.807, 2.05) is 27.7 Å². The van der Waals surface area contributed by atoms with Gasteiger partial charge in [-0.2, -0.15) is 0 Å². The lowest BCUT2D eigenvalue weighted by atomic mass is 9.97. The highest BCUT2D eigenvalue weighted by Crippen LogP contribution is 2.22. The maximum Gasteiger partial charge on any atom is 0.233 e. The van der Waals surface area contributed by atoms with Gasteiger partial charge in [0.15, 0.2) is 0 Å². The number of nitrogens with two attached hydrogens (primary N) is 1. The number of aromatic nitrogens is 2. The van der Waals surface area contributed by atoms with Crippen molar-refractivity contribution < 1.29 is 4.42 Å². The van der Waals surface area contributed by atoms with Crippen LogP contribution in [0.2, 0.25) is 0 Å². The molecule has 0 unspecified atom stereocenters. The van der Waals surface area contributed by atoms with Gasteiger partial charge in [-0.05, 0) is 6.42 Å². The maximum atomic E-state index is 5.75. The molecule has 4 heteroatoms. The van der Waals surface area contributed by atoms with E-state index < -0.39 is 0 Å². The third kappa shape index (κ3) is 2.28. The van der Waals surface area contributed by atoms with Crippen LogP contribution in [0.5, 0.6) is 0 Å². The molecule has 0 saturated heterocycles. The van der Waals surface area contributed by atoms with Gasteiger partial charge in [0, 0.05) is 5.41 Å². The van der Waals surface area contributed by atoms with E-state index in [2.05, 4.69) is 10.2 Å². The number of hydrogen-bond donors (Lipinski definition) is 1. The molecule has 0 fully saturated rings. The van der Waals surface area contributed by atoms with Gasteiger partial charge in [0.2, 0.25) is 11.8 Å². The molecule has 74 valence electrons. The van der Waals surface area contributed by atoms with Crippen molar-refractivity contribution in [1.82, 2.24) is 10.2 Å². The Bertz CT molecular complexity index is 275. The zero-order valence-electron chi connectivity index (χ0n) is 8.66. The standard InChI is InChI=1S/C9H17N3O/c1-5-6(10)7-11-12-8(13-7)9(2,3)4/h6H,5,10H2,1-4H3/t6-/m1/s1. The summed E-state index contributed by atoms with van der Waals surface area (Å²) in [5, 5.41) is 7.87. The smallest absolute Gasteiger partial charge is 0.233 e. The number of hydrogen-bond acceptors (Lipinski definition) is 4. The molecule has 1 atom stereocenters. The highest BCUT2D eigenvalue weighted by atomic mass is 16.4. The first kappa shape index (κ1) is 10.2. The lowest BCUT2D eigenvalue weighted by molar-refractivity contribution is 0.354. The largest absolute Gasteiger partial charge is 0.423 e. The molecule has 4 nitrogen and oxygen atoms in total. The second kappa shape index (κ2) is 3.46. The van der Waals surface area contributed by atoms with Crippen LogP contribution >= 0.6 is 0 Å². The van der Waals surface area contributed by atoms with Gasteiger partial charge >= 0.3 is 0 Å². The summed E-state index contributed by atoms with van der Waals surface area (Å²) < 4.78 is 5.45. The summed E-state index contributed by atoms with van der Waals surface area (Å²) in [6.07, 6.45) is 0.811. The van der Waals surface area contributed by atoms with Crippen molar-refractivity contribution in [2.45, 2.75) is 45.6 Å². The predicted molar refractivity (Wildman–Crippen MR) is 50.2 cm³/mol. The Labute approximate surface area is 78.5 Å². The molecule has 0 aromatic carbocycles. The molecule has 1 aromatic heterocycles. The minimum atomic E-state index is -0.136. The summed E-state index contributed by atoms with van der Waals surface area (Å²) in [4.78, 5) is 0. The first-order valence-corrected chi connectivity index (χ1v) is 4.54. The zero-order chi connectivity index (χ0) is 10.1. The van der Waals surface area contributed by atoms with Crippen molar-refractivity contribution in [1.29, 1.82) is 0 Å². The molecule has 0 saturated carbocycles. The fourth-order valence-electron chi connectivity index (χ4n) is 0.862. The summed E-state index contributed by atoms with van der Waals surface area (Å²) in [5.41, 5.74) is 5.66. The van der Waals surface area contributed by atoms with Gasteiger partial charge in [0.25, 0.3) is 0 Å². The Balaban J connectivity index is 2.87. The Morgan fingerprint density at radius 2 is 2.00 bits per heavy atom. The van der Waals surface area contributed by atoms with Crippen LogP contribution in [0, 0.1) is 0 Å². The van der Waals surface area contributed by atoms with E-state index in [-0.39, 0.29) is 11.5 Å². The summed E-state index contributed by atoms with van der Waals surface area (Å²) in [5.74, 6) is 1.18. The van der Waals surface area contributed by atoms with Crippen LogP contribution in [0.25, 0.3) is 0 Å². The van der Waals surface area contributed by atoms with Crippen molar-refractivity contribution in [3.8, 4) is 0 Å². The van der Waals surface area contributed by atoms with Gasteiger partial charge in [-0.3, -0.25) is 0 Å². The molecular weight excluding hydrogens is 166 g/mol. The number of rotatable bonds is 2. The molecule has 1 heterocycles. The van der Waals surface area contributed by atoms with Crippen molar-refractivity contribution in [3.63, 3.8) is 0 Å². The Morgan fingerprint density at radius 1 is 1.38 bits per heavy atom. The Morgan fingerprint density at radius 3 is 2.38 bits per heavy atom. The van der Waals surface area contributed by atoms with E-state index in [0.717, 1.165) is 6.42 Å². The van der Waals surface area contributed by atoms with Crippen LogP contribution in [0.3, 0.4) is 0 Å². The minimum Gasteiger partial charge on any atom is -0.423 e. The van der Waals surface area contributed by atoms with Crippen molar-refractivity contribution in [3.05, 3.63) is 11.8 Å². The van der Waals surface area contributed by atoms with Gasteiger partial charge in [0.05, 0.1) is 6.04 Å². The predicted octanol–water partition coefficient (Wildman–Crippen LogP) is 1.78. The van der Waals surface area contributed by atoms with Gasteiger partial charge in [-0.1, -0.05) is 27.7 Å². The summed E-state index contributed by atoms with van der Waals surface area (Å²) in [7, 11) is 0. The van der Waals surface area contributed by atoms with E-state index in [1.165, 1.54) is 0 Å². The quantitative estimate of drug-likeness (QED) is 0.759. The van der Waals surface area contributed by atoms with E-state index in [1.54, 1.807) is 0 Å². The molecule has 0 amide bonds. The Kier molecular flexibility index (Phi) is 2.71. The van der Waals surface area contributed by atoms with E-state index >= 15 is 0 Å². The third-order valence-electron chi connectivity index (χ3n) is 1.84. The number of nitrogens with zero attached hydrogens (tertiary/aromatic N) is 2. The maximum absolute atomic E-state index is 5.75. The summed E-state index contributed by atoms with van der Waals surface area (Å²) in [6, 6.07) is -0.136. The van der Waals surface area contributed by atoms with E-state index in [4.69, 9.17) is 10.2 Å². The molecule has 0 aliphatic rings. The highest BCUT2D eigenvalue weighted by Gasteiger charge is 2.22. The fourth-order valence-corrected chi connectivity index (χ4v) is 0.862. The molecule has 0 bridgehead atoms. The topological polar surface area (TPSA) is 64.9 Å². The zero-order valence-corrected chi connectivity index (χ0v) is 8.66. The highest BCUT2D eigenvalue weighted by molar-refractivity contribution is 4.97. The van der Waals surface area contributed by atoms with Gasteiger partial charge in [-0.15, -0.1) is 10.2 Å². The molecule has 0 spiro atoms. The third-order valence-corrected chi connectivity index (χ3v) is 1.84. The first-order chi connectivity index (χ1) is 5.95. The molecule has 1 aromatic rings. The molecule has 13 heavy (non-hydrogen) atoms. The van der Waals surface area contributed by atoms with E-state index in [9.17, 15) is 0 Å². The molecule has 1 rings (SSSR count). The average Bonchev–Trinajstić information content (AvgIpc) is 2.50. The summed E-state index contributed by atoms with van der Waals surface area (Å²) in [6.45, 7) is 8.08. The minimum absolute atomic E-state index is 0.0985. The second-order valence-electron chi connectivity index (χ2n) is 4.21. The Hall–Kier alpha value is -0.900. The van der Waals surface area contributed by atoms with Crippen LogP contribution in [0.4, 0.5) is 0 Å². The van der Waals surface area contributed by atoms with Crippen molar-refractivity contribution >= 4 is 0 Å². The molecule has 2 N–H and O–H groups in total. The lowest BCUT2D eigenvalue weighted by Gasteiger charge is -2.11. The van der Waals surface area contributed by atoms with Gasteiger partial charge < -0.3 is 10.2 Å². The summed E-state index contributed by atoms with van der Waals surface area (Å²) >= 11 is 0. The molecule has 0 aliphatic carbocycles. The second-order valence-corrected chi connectivity index (χ2v) is 4.21. The van der Waals surface area contributed by atoms with Gasteiger partial charge in [-0.25, -0.2) is 0 Å². The van der Waals surface area contributed by atoms with Crippen LogP contribution in [0.1, 0.15) is 51.9 Å². The lowest BCUT2D eigenvalue weighted by Crippen LogP contribution is -2.11. The van der Waals surface area contributed by atoms with E-state index in [0.29, 0.717) is 11.8 Å². The van der Waals surface area contributed by atoms with Crippen LogP contribution in [-0.2, 0) is 5.41 Å². The molecule has 0 aliphatic heterocycles. The molecular formula is C9H17N3O. The van der Waals surface area contributed by atoms with Crippen molar-refractivity contribution in [2.24, 2.45) is 5.73 Å². The average molecular weight is 183 g/mol. The van der Waals surface area contributed by atoms with Crippen LogP contribution in [0.15, 0.2) is 4.42 Å². The normalized spacial score (nSPS) is 14.5.